The second kappa shape index (κ2) is 4.42. The average Bonchev–Trinajstić information content (AvgIpc) is 2.20. The molecular formula is C8H8F4N2O4S. The van der Waals surface area contributed by atoms with Gasteiger partial charge in [-0.2, -0.15) is 26.0 Å². The minimum absolute atomic E-state index is 0.0507. The molecule has 0 spiro atoms. The van der Waals surface area contributed by atoms with Crippen LogP contribution in [0.5, 0.6) is 5.75 Å². The summed E-state index contributed by atoms with van der Waals surface area (Å²) in [6.07, 6.45) is -5.52. The second-order valence-electron chi connectivity index (χ2n) is 3.41. The van der Waals surface area contributed by atoms with Gasteiger partial charge in [-0.3, -0.25) is 4.55 Å². The van der Waals surface area contributed by atoms with Gasteiger partial charge < -0.3 is 16.2 Å². The van der Waals surface area contributed by atoms with E-state index in [0.717, 1.165) is 18.2 Å². The Kier molecular flexibility index (Phi) is 3.56. The van der Waals surface area contributed by atoms with Crippen LogP contribution in [-0.2, 0) is 10.1 Å². The van der Waals surface area contributed by atoms with Crippen molar-refractivity contribution in [3.05, 3.63) is 18.2 Å². The van der Waals surface area contributed by atoms with Crippen molar-refractivity contribution in [1.82, 2.24) is 0 Å². The van der Waals surface area contributed by atoms with Crippen LogP contribution in [0.1, 0.15) is 0 Å². The van der Waals surface area contributed by atoms with E-state index in [1.54, 1.807) is 0 Å². The summed E-state index contributed by atoms with van der Waals surface area (Å²) in [6, 6.07) is 2.71. The van der Waals surface area contributed by atoms with Crippen molar-refractivity contribution in [1.29, 1.82) is 0 Å². The van der Waals surface area contributed by atoms with Crippen molar-refractivity contribution in [2.45, 2.75) is 11.4 Å². The van der Waals surface area contributed by atoms with Gasteiger partial charge in [0.1, 0.15) is 5.75 Å². The lowest BCUT2D eigenvalue weighted by Gasteiger charge is -2.24. The summed E-state index contributed by atoms with van der Waals surface area (Å²) in [4.78, 5) is 0. The van der Waals surface area contributed by atoms with Crippen LogP contribution in [0.2, 0.25) is 0 Å². The molecule has 6 nitrogen and oxygen atoms in total. The predicted molar refractivity (Wildman–Crippen MR) is 57.3 cm³/mol. The molecule has 0 aromatic heterocycles. The lowest BCUT2D eigenvalue weighted by molar-refractivity contribution is -0.274. The molecule has 1 aromatic rings. The summed E-state index contributed by atoms with van der Waals surface area (Å²) in [5, 5.41) is -5.84. The molecule has 0 aliphatic carbocycles. The fourth-order valence-electron chi connectivity index (χ4n) is 1.01. The van der Waals surface area contributed by atoms with Gasteiger partial charge in [-0.25, -0.2) is 0 Å². The van der Waals surface area contributed by atoms with Gasteiger partial charge in [-0.15, -0.1) is 0 Å². The fraction of sp³-hybridized carbons (Fsp3) is 0.250. The van der Waals surface area contributed by atoms with Gasteiger partial charge in [-0.05, 0) is 18.2 Å². The first-order chi connectivity index (χ1) is 8.38. The van der Waals surface area contributed by atoms with Gasteiger partial charge in [0.2, 0.25) is 0 Å². The van der Waals surface area contributed by atoms with Crippen molar-refractivity contribution in [3.63, 3.8) is 0 Å². The Bertz CT molecular complexity index is 590. The zero-order valence-corrected chi connectivity index (χ0v) is 9.80. The van der Waals surface area contributed by atoms with Crippen molar-refractivity contribution in [3.8, 4) is 5.75 Å². The number of nitrogen functional groups attached to an aromatic ring is 2. The first-order valence-corrected chi connectivity index (χ1v) is 5.89. The van der Waals surface area contributed by atoms with Crippen LogP contribution in [0.4, 0.5) is 28.9 Å². The normalized spacial score (nSPS) is 13.3. The Hall–Kier alpha value is -1.75. The molecule has 0 saturated carbocycles. The molecule has 0 saturated heterocycles. The molecule has 19 heavy (non-hydrogen) atoms. The Morgan fingerprint density at radius 3 is 2.11 bits per heavy atom. The lowest BCUT2D eigenvalue weighted by Crippen LogP contribution is -2.50. The number of ether oxygens (including phenoxy) is 1. The maximum Gasteiger partial charge on any atom is 0.483 e. The predicted octanol–water partition coefficient (Wildman–Crippen LogP) is 1.30. The third kappa shape index (κ3) is 2.81. The quantitative estimate of drug-likeness (QED) is 0.439. The van der Waals surface area contributed by atoms with Crippen molar-refractivity contribution in [2.75, 3.05) is 11.5 Å². The molecule has 1 rings (SSSR count). The number of anilines is 2. The number of rotatable bonds is 4. The summed E-state index contributed by atoms with van der Waals surface area (Å²) in [5.74, 6) is -0.914. The van der Waals surface area contributed by atoms with Crippen LogP contribution in [-0.4, -0.2) is 24.3 Å². The van der Waals surface area contributed by atoms with Crippen LogP contribution in [0, 0.1) is 0 Å². The summed E-state index contributed by atoms with van der Waals surface area (Å²) >= 11 is 0. The Balaban J connectivity index is 3.16. The van der Waals surface area contributed by atoms with E-state index < -0.39 is 32.9 Å². The van der Waals surface area contributed by atoms with E-state index in [4.69, 9.17) is 16.0 Å². The highest BCUT2D eigenvalue weighted by atomic mass is 32.2. The number of halogens is 4. The molecule has 0 aliphatic heterocycles. The second-order valence-corrected chi connectivity index (χ2v) is 4.87. The third-order valence-corrected chi connectivity index (χ3v) is 2.82. The van der Waals surface area contributed by atoms with Gasteiger partial charge in [-0.1, -0.05) is 0 Å². The van der Waals surface area contributed by atoms with Crippen LogP contribution in [0.25, 0.3) is 0 Å². The number of alkyl halides is 4. The molecule has 5 N–H and O–H groups in total. The summed E-state index contributed by atoms with van der Waals surface area (Å²) in [5.41, 5.74) is 9.97. The van der Waals surface area contributed by atoms with Gasteiger partial charge >= 0.3 is 21.5 Å². The molecule has 0 bridgehead atoms. The van der Waals surface area contributed by atoms with Crippen molar-refractivity contribution < 1.29 is 35.3 Å². The minimum atomic E-state index is -6.38. The van der Waals surface area contributed by atoms with E-state index in [2.05, 4.69) is 4.74 Å². The highest BCUT2D eigenvalue weighted by Gasteiger charge is 2.69. The highest BCUT2D eigenvalue weighted by molar-refractivity contribution is 7.86. The topological polar surface area (TPSA) is 116 Å². The minimum Gasteiger partial charge on any atom is -0.425 e. The standard InChI is InChI=1S/C8H8F4N2O4S/c9-7(10,8(11,12)19(15,16)17)18-6-2-1-4(13)3-5(6)14/h1-3H,13-14H2,(H,15,16,17). The smallest absolute Gasteiger partial charge is 0.425 e. The largest absolute Gasteiger partial charge is 0.483 e. The molecule has 0 aliphatic rings. The summed E-state index contributed by atoms with van der Waals surface area (Å²) < 4.78 is 83.9. The van der Waals surface area contributed by atoms with E-state index in [-0.39, 0.29) is 5.69 Å². The van der Waals surface area contributed by atoms with Crippen LogP contribution in [0.15, 0.2) is 18.2 Å². The van der Waals surface area contributed by atoms with Crippen molar-refractivity contribution in [2.24, 2.45) is 0 Å². The van der Waals surface area contributed by atoms with E-state index >= 15 is 0 Å². The molecule has 0 atom stereocenters. The Labute approximate surface area is 104 Å². The van der Waals surface area contributed by atoms with Gasteiger partial charge in [0.05, 0.1) is 5.69 Å². The van der Waals surface area contributed by atoms with E-state index in [1.165, 1.54) is 0 Å². The number of hydrogen-bond donors (Lipinski definition) is 3. The molecule has 0 heterocycles. The fourth-order valence-corrected chi connectivity index (χ4v) is 1.35. The van der Waals surface area contributed by atoms with E-state index in [9.17, 15) is 26.0 Å². The van der Waals surface area contributed by atoms with Crippen LogP contribution in [0.3, 0.4) is 0 Å². The molecule has 0 radical (unpaired) electrons. The van der Waals surface area contributed by atoms with Gasteiger partial charge in [0.15, 0.2) is 0 Å². The van der Waals surface area contributed by atoms with Gasteiger partial charge in [0.25, 0.3) is 0 Å². The maximum absolute atomic E-state index is 13.1. The molecule has 0 amide bonds. The first-order valence-electron chi connectivity index (χ1n) is 4.45. The monoisotopic (exact) mass is 304 g/mol. The molecular weight excluding hydrogens is 296 g/mol. The highest BCUT2D eigenvalue weighted by Crippen LogP contribution is 2.41. The maximum atomic E-state index is 13.1. The first kappa shape index (κ1) is 15.3. The Morgan fingerprint density at radius 1 is 1.16 bits per heavy atom. The van der Waals surface area contributed by atoms with E-state index in [1.807, 2.05) is 0 Å². The third-order valence-electron chi connectivity index (χ3n) is 1.93. The lowest BCUT2D eigenvalue weighted by atomic mass is 10.2. The summed E-state index contributed by atoms with van der Waals surface area (Å²) in [7, 11) is -6.38. The zero-order valence-electron chi connectivity index (χ0n) is 8.98. The van der Waals surface area contributed by atoms with Crippen LogP contribution >= 0.6 is 0 Å². The number of benzene rings is 1. The Morgan fingerprint density at radius 2 is 1.68 bits per heavy atom. The zero-order chi connectivity index (χ0) is 15.1. The number of hydrogen-bond acceptors (Lipinski definition) is 5. The molecule has 108 valence electrons. The molecule has 0 unspecified atom stereocenters. The molecule has 0 fully saturated rings. The SMILES string of the molecule is Nc1ccc(OC(F)(F)C(F)(F)S(=O)(=O)O)c(N)c1. The average molecular weight is 304 g/mol. The van der Waals surface area contributed by atoms with E-state index in [0.29, 0.717) is 0 Å². The summed E-state index contributed by atoms with van der Waals surface area (Å²) in [6.45, 7) is 0. The number of nitrogens with two attached hydrogens (primary N) is 2. The molecule has 11 heteroatoms. The van der Waals surface area contributed by atoms with Crippen LogP contribution < -0.4 is 16.2 Å². The molecule has 1 aromatic carbocycles. The van der Waals surface area contributed by atoms with Crippen molar-refractivity contribution >= 4 is 21.5 Å². The van der Waals surface area contributed by atoms with Gasteiger partial charge in [0, 0.05) is 5.69 Å².